The third-order valence-electron chi connectivity index (χ3n) is 3.08. The Morgan fingerprint density at radius 3 is 2.67 bits per heavy atom. The Morgan fingerprint density at radius 1 is 1.28 bits per heavy atom. The van der Waals surface area contributed by atoms with Crippen LogP contribution in [0.25, 0.3) is 0 Å². The van der Waals surface area contributed by atoms with Crippen molar-refractivity contribution in [1.29, 1.82) is 0 Å². The molecule has 2 aromatic rings. The van der Waals surface area contributed by atoms with E-state index >= 15 is 0 Å². The average molecular weight is 307 g/mol. The van der Waals surface area contributed by atoms with Crippen molar-refractivity contribution in [3.05, 3.63) is 51.8 Å². The minimum absolute atomic E-state index is 0.857. The van der Waals surface area contributed by atoms with Crippen molar-refractivity contribution in [3.8, 4) is 0 Å². The van der Waals surface area contributed by atoms with E-state index < -0.39 is 0 Å². The molecule has 0 bridgehead atoms. The summed E-state index contributed by atoms with van der Waals surface area (Å²) >= 11 is 3.62. The van der Waals surface area contributed by atoms with Gasteiger partial charge in [0.05, 0.1) is 5.69 Å². The molecule has 2 nitrogen and oxygen atoms in total. The highest BCUT2D eigenvalue weighted by Crippen LogP contribution is 2.28. The molecule has 96 valence electrons. The van der Waals surface area contributed by atoms with E-state index in [1.807, 2.05) is 0 Å². The maximum atomic E-state index is 3.62. The van der Waals surface area contributed by atoms with Gasteiger partial charge in [-0.05, 0) is 65.5 Å². The van der Waals surface area contributed by atoms with E-state index in [-0.39, 0.29) is 0 Å². The number of rotatable bonds is 4. The Morgan fingerprint density at radius 2 is 2.06 bits per heavy atom. The van der Waals surface area contributed by atoms with Crippen LogP contribution in [-0.2, 0) is 13.1 Å². The fourth-order valence-electron chi connectivity index (χ4n) is 2.12. The van der Waals surface area contributed by atoms with E-state index in [4.69, 9.17) is 0 Å². The summed E-state index contributed by atoms with van der Waals surface area (Å²) < 4.78 is 3.32. The molecule has 3 heteroatoms. The van der Waals surface area contributed by atoms with Gasteiger partial charge in [0, 0.05) is 30.0 Å². The molecule has 18 heavy (non-hydrogen) atoms. The molecule has 0 amide bonds. The van der Waals surface area contributed by atoms with E-state index in [9.17, 15) is 0 Å². The van der Waals surface area contributed by atoms with Gasteiger partial charge >= 0.3 is 0 Å². The van der Waals surface area contributed by atoms with Crippen LogP contribution in [0.5, 0.6) is 0 Å². The van der Waals surface area contributed by atoms with Crippen LogP contribution in [0, 0.1) is 13.8 Å². The molecule has 2 rings (SSSR count). The lowest BCUT2D eigenvalue weighted by molar-refractivity contribution is 0.766. The highest BCUT2D eigenvalue weighted by atomic mass is 79.9. The maximum absolute atomic E-state index is 3.62. The third-order valence-corrected chi connectivity index (χ3v) is 3.70. The zero-order valence-electron chi connectivity index (χ0n) is 11.1. The highest BCUT2D eigenvalue weighted by molar-refractivity contribution is 9.10. The fourth-order valence-corrected chi connectivity index (χ4v) is 2.94. The summed E-state index contributed by atoms with van der Waals surface area (Å²) in [5.41, 5.74) is 5.05. The van der Waals surface area contributed by atoms with Gasteiger partial charge in [-0.1, -0.05) is 6.07 Å². The second-order valence-corrected chi connectivity index (χ2v) is 5.50. The molecule has 0 aliphatic heterocycles. The summed E-state index contributed by atoms with van der Waals surface area (Å²) in [5.74, 6) is 0. The lowest BCUT2D eigenvalue weighted by Gasteiger charge is -2.12. The minimum atomic E-state index is 0.857. The largest absolute Gasteiger partial charge is 0.380 e. The van der Waals surface area contributed by atoms with Crippen LogP contribution in [0.15, 0.2) is 35.1 Å². The lowest BCUT2D eigenvalue weighted by Crippen LogP contribution is -2.01. The van der Waals surface area contributed by atoms with Gasteiger partial charge in [-0.2, -0.15) is 0 Å². The van der Waals surface area contributed by atoms with E-state index in [0.29, 0.717) is 0 Å². The normalized spacial score (nSPS) is 10.7. The molecule has 1 heterocycles. The van der Waals surface area contributed by atoms with Crippen LogP contribution >= 0.6 is 15.9 Å². The second kappa shape index (κ2) is 5.61. The zero-order chi connectivity index (χ0) is 13.1. The molecule has 1 N–H and O–H groups in total. The molecule has 0 fully saturated rings. The number of aromatic nitrogens is 1. The molecule has 1 aromatic heterocycles. The van der Waals surface area contributed by atoms with Gasteiger partial charge < -0.3 is 9.88 Å². The van der Waals surface area contributed by atoms with Gasteiger partial charge in [-0.25, -0.2) is 0 Å². The Kier molecular flexibility index (Phi) is 4.12. The first kappa shape index (κ1) is 13.2. The molecule has 1 aromatic carbocycles. The number of benzene rings is 1. The van der Waals surface area contributed by atoms with E-state index in [0.717, 1.165) is 17.6 Å². The number of nitrogens with zero attached hydrogens (tertiary/aromatic N) is 1. The van der Waals surface area contributed by atoms with Crippen molar-refractivity contribution in [2.24, 2.45) is 0 Å². The Labute approximate surface area is 117 Å². The van der Waals surface area contributed by atoms with Crippen molar-refractivity contribution in [1.82, 2.24) is 4.57 Å². The lowest BCUT2D eigenvalue weighted by atomic mass is 10.1. The molecular weight excluding hydrogens is 288 g/mol. The molecule has 0 unspecified atom stereocenters. The first-order valence-electron chi connectivity index (χ1n) is 6.25. The summed E-state index contributed by atoms with van der Waals surface area (Å²) in [7, 11) is 0. The standard InChI is InChI=1S/C15H19BrN2/c1-4-18-6-5-13(10-18)9-17-15-12(3)7-11(2)8-14(15)16/h5-8,10,17H,4,9H2,1-3H3. The number of halogens is 1. The fraction of sp³-hybridized carbons (Fsp3) is 0.333. The second-order valence-electron chi connectivity index (χ2n) is 4.64. The quantitative estimate of drug-likeness (QED) is 0.880. The first-order valence-corrected chi connectivity index (χ1v) is 7.04. The molecule has 0 spiro atoms. The number of hydrogen-bond acceptors (Lipinski definition) is 1. The van der Waals surface area contributed by atoms with Crippen LogP contribution in [0.4, 0.5) is 5.69 Å². The monoisotopic (exact) mass is 306 g/mol. The zero-order valence-corrected chi connectivity index (χ0v) is 12.7. The summed E-state index contributed by atoms with van der Waals surface area (Å²) in [6, 6.07) is 6.50. The summed E-state index contributed by atoms with van der Waals surface area (Å²) in [5, 5.41) is 3.50. The number of anilines is 1. The van der Waals surface area contributed by atoms with Crippen LogP contribution in [0.3, 0.4) is 0 Å². The van der Waals surface area contributed by atoms with Gasteiger partial charge in [-0.15, -0.1) is 0 Å². The van der Waals surface area contributed by atoms with Gasteiger partial charge in [-0.3, -0.25) is 0 Å². The van der Waals surface area contributed by atoms with Gasteiger partial charge in [0.15, 0.2) is 0 Å². The van der Waals surface area contributed by atoms with Gasteiger partial charge in [0.2, 0.25) is 0 Å². The molecule has 0 atom stereocenters. The van der Waals surface area contributed by atoms with Crippen molar-refractivity contribution in [3.63, 3.8) is 0 Å². The Balaban J connectivity index is 2.10. The summed E-state index contributed by atoms with van der Waals surface area (Å²) in [6.07, 6.45) is 4.30. The molecule has 0 radical (unpaired) electrons. The SMILES string of the molecule is CCn1ccc(CNc2c(C)cc(C)cc2Br)c1. The van der Waals surface area contributed by atoms with Gasteiger partial charge in [0.25, 0.3) is 0 Å². The van der Waals surface area contributed by atoms with Crippen LogP contribution in [0.2, 0.25) is 0 Å². The summed E-state index contributed by atoms with van der Waals surface area (Å²) in [6.45, 7) is 8.28. The predicted octanol–water partition coefficient (Wildman–Crippen LogP) is 4.50. The predicted molar refractivity (Wildman–Crippen MR) is 81.0 cm³/mol. The molecule has 0 saturated heterocycles. The first-order chi connectivity index (χ1) is 8.60. The van der Waals surface area contributed by atoms with Crippen LogP contribution < -0.4 is 5.32 Å². The van der Waals surface area contributed by atoms with Crippen LogP contribution in [-0.4, -0.2) is 4.57 Å². The number of nitrogens with one attached hydrogen (secondary N) is 1. The van der Waals surface area contributed by atoms with Crippen molar-refractivity contribution in [2.75, 3.05) is 5.32 Å². The third kappa shape index (κ3) is 2.96. The van der Waals surface area contributed by atoms with E-state index in [1.54, 1.807) is 0 Å². The average Bonchev–Trinajstić information content (AvgIpc) is 2.75. The summed E-state index contributed by atoms with van der Waals surface area (Å²) in [4.78, 5) is 0. The molecule has 0 aliphatic rings. The highest BCUT2D eigenvalue weighted by Gasteiger charge is 2.05. The molecule has 0 saturated carbocycles. The Hall–Kier alpha value is -1.22. The van der Waals surface area contributed by atoms with Crippen molar-refractivity contribution >= 4 is 21.6 Å². The Bertz CT molecular complexity index is 520. The number of hydrogen-bond donors (Lipinski definition) is 1. The molecule has 0 aliphatic carbocycles. The van der Waals surface area contributed by atoms with E-state index in [1.165, 1.54) is 22.4 Å². The van der Waals surface area contributed by atoms with Crippen molar-refractivity contribution in [2.45, 2.75) is 33.9 Å². The van der Waals surface area contributed by atoms with E-state index in [2.05, 4.69) is 77.2 Å². The molecular formula is C15H19BrN2. The minimum Gasteiger partial charge on any atom is -0.380 e. The van der Waals surface area contributed by atoms with Crippen molar-refractivity contribution < 1.29 is 0 Å². The maximum Gasteiger partial charge on any atom is 0.0517 e. The smallest absolute Gasteiger partial charge is 0.0517 e. The number of aryl methyl sites for hydroxylation is 3. The topological polar surface area (TPSA) is 17.0 Å². The van der Waals surface area contributed by atoms with Crippen LogP contribution in [0.1, 0.15) is 23.6 Å². The van der Waals surface area contributed by atoms with Gasteiger partial charge in [0.1, 0.15) is 0 Å².